The van der Waals surface area contributed by atoms with Crippen LogP contribution in [-0.2, 0) is 6.42 Å². The number of hydrogen-bond acceptors (Lipinski definition) is 6. The molecule has 148 valence electrons. The van der Waals surface area contributed by atoms with Crippen molar-refractivity contribution >= 4 is 56.3 Å². The van der Waals surface area contributed by atoms with Gasteiger partial charge in [-0.05, 0) is 60.4 Å². The number of benzene rings is 1. The minimum absolute atomic E-state index is 0.124. The van der Waals surface area contributed by atoms with Crippen LogP contribution in [0.3, 0.4) is 0 Å². The average molecular weight is 431 g/mol. The Bertz CT molecular complexity index is 1300. The van der Waals surface area contributed by atoms with Crippen LogP contribution in [0.4, 0.5) is 5.13 Å². The van der Waals surface area contributed by atoms with Crippen molar-refractivity contribution in [1.29, 1.82) is 0 Å². The first-order chi connectivity index (χ1) is 14.8. The second-order valence-electron chi connectivity index (χ2n) is 7.69. The van der Waals surface area contributed by atoms with Crippen molar-refractivity contribution in [2.75, 3.05) is 5.32 Å². The molecule has 6 rings (SSSR count). The van der Waals surface area contributed by atoms with Crippen molar-refractivity contribution in [1.82, 2.24) is 15.2 Å². The van der Waals surface area contributed by atoms with Crippen molar-refractivity contribution < 1.29 is 4.79 Å². The summed E-state index contributed by atoms with van der Waals surface area (Å²) in [6.07, 6.45) is 6.25. The van der Waals surface area contributed by atoms with Crippen molar-refractivity contribution in [3.05, 3.63) is 68.5 Å². The lowest BCUT2D eigenvalue weighted by Gasteiger charge is -2.11. The molecule has 0 atom stereocenters. The topological polar surface area (TPSA) is 67.8 Å². The molecule has 0 radical (unpaired) electrons. The number of aromatic nitrogens is 3. The van der Waals surface area contributed by atoms with E-state index in [-0.39, 0.29) is 5.91 Å². The maximum Gasteiger partial charge on any atom is 0.258 e. The van der Waals surface area contributed by atoms with Gasteiger partial charge < -0.3 is 0 Å². The highest BCUT2D eigenvalue weighted by Gasteiger charge is 2.29. The van der Waals surface area contributed by atoms with Crippen molar-refractivity contribution in [3.8, 4) is 0 Å². The van der Waals surface area contributed by atoms with Gasteiger partial charge in [0.25, 0.3) is 5.91 Å². The Balaban J connectivity index is 1.43. The van der Waals surface area contributed by atoms with E-state index in [9.17, 15) is 4.79 Å². The van der Waals surface area contributed by atoms with Crippen LogP contribution < -0.4 is 5.32 Å². The fraction of sp³-hybridized carbons (Fsp3) is 0.217. The van der Waals surface area contributed by atoms with E-state index >= 15 is 0 Å². The highest BCUT2D eigenvalue weighted by atomic mass is 32.1. The summed E-state index contributed by atoms with van der Waals surface area (Å²) in [5, 5.41) is 16.0. The molecule has 3 heterocycles. The molecule has 2 aliphatic rings. The number of carbonyl (C=O) groups is 1. The molecule has 2 aliphatic carbocycles. The molecular formula is C23H18N4OS2. The molecule has 30 heavy (non-hydrogen) atoms. The largest absolute Gasteiger partial charge is 0.296 e. The number of pyridine rings is 1. The molecule has 4 aromatic rings. The molecule has 1 amide bonds. The van der Waals surface area contributed by atoms with E-state index in [0.29, 0.717) is 16.6 Å². The second-order valence-corrected chi connectivity index (χ2v) is 9.68. The van der Waals surface area contributed by atoms with Gasteiger partial charge in [-0.2, -0.15) is 0 Å². The summed E-state index contributed by atoms with van der Waals surface area (Å²) < 4.78 is 0. The zero-order valence-electron chi connectivity index (χ0n) is 16.1. The first-order valence-electron chi connectivity index (χ1n) is 10.1. The number of amides is 1. The van der Waals surface area contributed by atoms with Gasteiger partial charge >= 0.3 is 0 Å². The summed E-state index contributed by atoms with van der Waals surface area (Å²) in [7, 11) is 0. The number of thiophene rings is 1. The summed E-state index contributed by atoms with van der Waals surface area (Å²) >= 11 is 3.20. The predicted molar refractivity (Wildman–Crippen MR) is 122 cm³/mol. The molecule has 1 aromatic carbocycles. The van der Waals surface area contributed by atoms with Gasteiger partial charge in [-0.25, -0.2) is 4.98 Å². The molecule has 0 spiro atoms. The zero-order valence-corrected chi connectivity index (χ0v) is 17.7. The number of rotatable bonds is 4. The normalized spacial score (nSPS) is 16.9. The minimum atomic E-state index is -0.124. The summed E-state index contributed by atoms with van der Waals surface area (Å²) in [4.78, 5) is 19.5. The Kier molecular flexibility index (Phi) is 4.24. The number of fused-ring (bicyclic) bond motifs is 2. The monoisotopic (exact) mass is 430 g/mol. The van der Waals surface area contributed by atoms with Gasteiger partial charge in [-0.15, -0.1) is 21.5 Å². The molecule has 0 bridgehead atoms. The van der Waals surface area contributed by atoms with Gasteiger partial charge in [0, 0.05) is 16.2 Å². The summed E-state index contributed by atoms with van der Waals surface area (Å²) in [6, 6.07) is 12.0. The van der Waals surface area contributed by atoms with Crippen molar-refractivity contribution in [2.24, 2.45) is 0 Å². The lowest BCUT2D eigenvalue weighted by molar-refractivity contribution is 0.102. The molecular weight excluding hydrogens is 412 g/mol. The van der Waals surface area contributed by atoms with E-state index in [2.05, 4.69) is 39.1 Å². The molecule has 1 fully saturated rings. The van der Waals surface area contributed by atoms with Crippen LogP contribution in [-0.4, -0.2) is 21.1 Å². The summed E-state index contributed by atoms with van der Waals surface area (Å²) in [6.45, 7) is 0. The number of allylic oxidation sites excluding steroid dienone is 1. The van der Waals surface area contributed by atoms with Gasteiger partial charge in [0.2, 0.25) is 5.13 Å². The van der Waals surface area contributed by atoms with E-state index < -0.39 is 0 Å². The van der Waals surface area contributed by atoms with Gasteiger partial charge in [-0.1, -0.05) is 35.6 Å². The van der Waals surface area contributed by atoms with E-state index in [1.165, 1.54) is 34.6 Å². The van der Waals surface area contributed by atoms with Gasteiger partial charge in [0.15, 0.2) is 0 Å². The van der Waals surface area contributed by atoms with Crippen molar-refractivity contribution in [3.63, 3.8) is 0 Å². The highest BCUT2D eigenvalue weighted by molar-refractivity contribution is 7.15. The number of nitrogens with zero attached hydrogens (tertiary/aromatic N) is 3. The third kappa shape index (κ3) is 3.14. The van der Waals surface area contributed by atoms with Gasteiger partial charge in [0.05, 0.1) is 16.8 Å². The Hall–Kier alpha value is -2.90. The number of anilines is 1. The molecule has 0 saturated heterocycles. The molecule has 7 heteroatoms. The molecule has 1 N–H and O–H groups in total. The summed E-state index contributed by atoms with van der Waals surface area (Å²) in [5.74, 6) is 0.407. The Morgan fingerprint density at radius 2 is 2.00 bits per heavy atom. The minimum Gasteiger partial charge on any atom is -0.296 e. The van der Waals surface area contributed by atoms with E-state index in [0.717, 1.165) is 40.0 Å². The molecule has 0 aliphatic heterocycles. The van der Waals surface area contributed by atoms with Crippen LogP contribution in [0.25, 0.3) is 22.6 Å². The predicted octanol–water partition coefficient (Wildman–Crippen LogP) is 5.76. The SMILES string of the molecule is O=C(Nc1nnc(C2CC2)s1)c1c2c(nc3ccccc13)/C(=C\c1cccs1)CC2. The fourth-order valence-corrected chi connectivity index (χ4v) is 5.61. The lowest BCUT2D eigenvalue weighted by atomic mass is 10.00. The molecule has 0 unspecified atom stereocenters. The van der Waals surface area contributed by atoms with Gasteiger partial charge in [0.1, 0.15) is 5.01 Å². The molecule has 1 saturated carbocycles. The highest BCUT2D eigenvalue weighted by Crippen LogP contribution is 2.42. The van der Waals surface area contributed by atoms with Crippen LogP contribution in [0.15, 0.2) is 41.8 Å². The Morgan fingerprint density at radius 3 is 2.83 bits per heavy atom. The number of nitrogens with one attached hydrogen (secondary N) is 1. The average Bonchev–Trinajstić information content (AvgIpc) is 3.13. The second kappa shape index (κ2) is 7.11. The van der Waals surface area contributed by atoms with E-state index in [4.69, 9.17) is 4.98 Å². The maximum absolute atomic E-state index is 13.4. The first-order valence-corrected chi connectivity index (χ1v) is 11.8. The van der Waals surface area contributed by atoms with Crippen LogP contribution in [0, 0.1) is 0 Å². The standard InChI is InChI=1S/C23H18N4OS2/c28-21(25-23-27-26-22(30-23)13-7-8-13)19-16-5-1-2-6-18(16)24-20-14(9-10-17(19)20)12-15-4-3-11-29-15/h1-6,11-13H,7-10H2,(H,25,27,28)/b14-12-. The number of carbonyl (C=O) groups excluding carboxylic acids is 1. The lowest BCUT2D eigenvalue weighted by Crippen LogP contribution is -2.15. The number of hydrogen-bond donors (Lipinski definition) is 1. The third-order valence-corrected chi connectivity index (χ3v) is 7.44. The molecule has 5 nitrogen and oxygen atoms in total. The number of para-hydroxylation sites is 1. The van der Waals surface area contributed by atoms with Crippen LogP contribution in [0.2, 0.25) is 0 Å². The van der Waals surface area contributed by atoms with Crippen molar-refractivity contribution in [2.45, 2.75) is 31.6 Å². The zero-order chi connectivity index (χ0) is 20.1. The van der Waals surface area contributed by atoms with Crippen LogP contribution >= 0.6 is 22.7 Å². The van der Waals surface area contributed by atoms with Gasteiger partial charge in [-0.3, -0.25) is 10.1 Å². The summed E-state index contributed by atoms with van der Waals surface area (Å²) in [5.41, 5.74) is 4.73. The quantitative estimate of drug-likeness (QED) is 0.447. The molecule has 3 aromatic heterocycles. The van der Waals surface area contributed by atoms with E-state index in [1.54, 1.807) is 11.3 Å². The smallest absolute Gasteiger partial charge is 0.258 e. The Morgan fingerprint density at radius 1 is 1.10 bits per heavy atom. The maximum atomic E-state index is 13.4. The fourth-order valence-electron chi connectivity index (χ4n) is 4.02. The van der Waals surface area contributed by atoms with Crippen LogP contribution in [0.5, 0.6) is 0 Å². The first kappa shape index (κ1) is 17.9. The third-order valence-electron chi connectivity index (χ3n) is 5.62. The van der Waals surface area contributed by atoms with Crippen LogP contribution in [0.1, 0.15) is 56.7 Å². The Labute approximate surface area is 181 Å². The van der Waals surface area contributed by atoms with E-state index in [1.807, 2.05) is 24.3 Å².